The van der Waals surface area contributed by atoms with E-state index in [2.05, 4.69) is 4.72 Å². The van der Waals surface area contributed by atoms with Gasteiger partial charge in [-0.2, -0.15) is 0 Å². The number of carboxylic acids is 1. The molecule has 102 valence electrons. The molecule has 1 heterocycles. The van der Waals surface area contributed by atoms with Crippen molar-refractivity contribution in [2.24, 2.45) is 0 Å². The molecule has 0 aromatic carbocycles. The van der Waals surface area contributed by atoms with Crippen molar-refractivity contribution in [2.45, 2.75) is 44.6 Å². The number of hydrogen-bond acceptors (Lipinski definition) is 4. The third kappa shape index (κ3) is 3.30. The third-order valence-corrected chi connectivity index (χ3v) is 5.45. The Morgan fingerprint density at radius 1 is 1.56 bits per heavy atom. The Morgan fingerprint density at radius 3 is 2.67 bits per heavy atom. The van der Waals surface area contributed by atoms with Gasteiger partial charge in [-0.25, -0.2) is 17.9 Å². The molecule has 1 aromatic rings. The van der Waals surface area contributed by atoms with Crippen LogP contribution >= 0.6 is 11.3 Å². The number of carbonyl (C=O) groups is 1. The first-order valence-corrected chi connectivity index (χ1v) is 7.99. The summed E-state index contributed by atoms with van der Waals surface area (Å²) in [6, 6.07) is -0.207. The molecule has 0 saturated carbocycles. The molecule has 0 radical (unpaired) electrons. The van der Waals surface area contributed by atoms with E-state index >= 15 is 0 Å². The SMILES string of the molecule is CCCC(C)NS(=O)(=O)c1c(C)csc1C(=O)O. The van der Waals surface area contributed by atoms with E-state index in [1.54, 1.807) is 19.2 Å². The van der Waals surface area contributed by atoms with Gasteiger partial charge in [-0.05, 0) is 31.2 Å². The van der Waals surface area contributed by atoms with Crippen LogP contribution in [0.2, 0.25) is 0 Å². The van der Waals surface area contributed by atoms with Gasteiger partial charge in [0.15, 0.2) is 0 Å². The second kappa shape index (κ2) is 5.81. The number of rotatable bonds is 6. The van der Waals surface area contributed by atoms with E-state index in [4.69, 9.17) is 5.11 Å². The lowest BCUT2D eigenvalue weighted by Crippen LogP contribution is -2.33. The molecule has 0 spiro atoms. The minimum atomic E-state index is -3.77. The van der Waals surface area contributed by atoms with Crippen molar-refractivity contribution in [2.75, 3.05) is 0 Å². The highest BCUT2D eigenvalue weighted by Gasteiger charge is 2.27. The summed E-state index contributed by atoms with van der Waals surface area (Å²) in [6.07, 6.45) is 1.57. The fourth-order valence-electron chi connectivity index (χ4n) is 1.73. The van der Waals surface area contributed by atoms with Crippen molar-refractivity contribution >= 4 is 27.3 Å². The van der Waals surface area contributed by atoms with E-state index in [9.17, 15) is 13.2 Å². The number of nitrogens with one attached hydrogen (secondary N) is 1. The summed E-state index contributed by atoms with van der Waals surface area (Å²) < 4.78 is 26.8. The van der Waals surface area contributed by atoms with Crippen LogP contribution in [0.3, 0.4) is 0 Å². The van der Waals surface area contributed by atoms with E-state index in [0.717, 1.165) is 17.8 Å². The van der Waals surface area contributed by atoms with E-state index in [0.29, 0.717) is 12.0 Å². The molecule has 1 unspecified atom stereocenters. The van der Waals surface area contributed by atoms with Gasteiger partial charge in [-0.3, -0.25) is 0 Å². The molecule has 0 amide bonds. The normalized spacial score (nSPS) is 13.5. The topological polar surface area (TPSA) is 83.5 Å². The summed E-state index contributed by atoms with van der Waals surface area (Å²) in [6.45, 7) is 5.33. The Hall–Kier alpha value is -0.920. The van der Waals surface area contributed by atoms with Crippen molar-refractivity contribution in [3.63, 3.8) is 0 Å². The molecule has 0 aliphatic heterocycles. The molecular weight excluding hydrogens is 274 g/mol. The summed E-state index contributed by atoms with van der Waals surface area (Å²) in [5.41, 5.74) is 0.466. The van der Waals surface area contributed by atoms with Crippen LogP contribution in [-0.2, 0) is 10.0 Å². The van der Waals surface area contributed by atoms with Gasteiger partial charge < -0.3 is 5.11 Å². The Bertz CT molecular complexity index is 533. The summed E-state index contributed by atoms with van der Waals surface area (Å²) in [7, 11) is -3.77. The number of sulfonamides is 1. The summed E-state index contributed by atoms with van der Waals surface area (Å²) in [5.74, 6) is -1.21. The van der Waals surface area contributed by atoms with E-state index in [1.165, 1.54) is 0 Å². The van der Waals surface area contributed by atoms with Crippen LogP contribution in [0.25, 0.3) is 0 Å². The van der Waals surface area contributed by atoms with Gasteiger partial charge in [-0.15, -0.1) is 11.3 Å². The minimum Gasteiger partial charge on any atom is -0.477 e. The average molecular weight is 291 g/mol. The Morgan fingerprint density at radius 2 is 2.17 bits per heavy atom. The standard InChI is InChI=1S/C11H17NO4S2/c1-4-5-8(3)12-18(15,16)10-7(2)6-17-9(10)11(13)14/h6,8,12H,4-5H2,1-3H3,(H,13,14). The van der Waals surface area contributed by atoms with Gasteiger partial charge in [0.25, 0.3) is 0 Å². The fourth-order valence-corrected chi connectivity index (χ4v) is 4.64. The third-order valence-electron chi connectivity index (χ3n) is 2.46. The lowest BCUT2D eigenvalue weighted by molar-refractivity contribution is 0.0698. The zero-order chi connectivity index (χ0) is 13.9. The van der Waals surface area contributed by atoms with Gasteiger partial charge in [-0.1, -0.05) is 13.3 Å². The Kier molecular flexibility index (Phi) is 4.89. The van der Waals surface area contributed by atoms with Crippen LogP contribution in [0.5, 0.6) is 0 Å². The molecule has 7 heteroatoms. The maximum atomic E-state index is 12.2. The van der Waals surface area contributed by atoms with Crippen LogP contribution in [0.1, 0.15) is 41.9 Å². The highest BCUT2D eigenvalue weighted by molar-refractivity contribution is 7.89. The van der Waals surface area contributed by atoms with Gasteiger partial charge in [0, 0.05) is 6.04 Å². The number of carboxylic acid groups (broad SMARTS) is 1. The first kappa shape index (κ1) is 15.1. The highest BCUT2D eigenvalue weighted by atomic mass is 32.2. The van der Waals surface area contributed by atoms with Crippen LogP contribution in [0.4, 0.5) is 0 Å². The number of thiophene rings is 1. The summed E-state index contributed by atoms with van der Waals surface area (Å²) in [5, 5.41) is 10.5. The molecule has 18 heavy (non-hydrogen) atoms. The second-order valence-electron chi connectivity index (χ2n) is 4.19. The molecule has 0 saturated heterocycles. The summed E-state index contributed by atoms with van der Waals surface area (Å²) in [4.78, 5) is 10.8. The van der Waals surface area contributed by atoms with Crippen molar-refractivity contribution in [3.8, 4) is 0 Å². The second-order valence-corrected chi connectivity index (χ2v) is 6.72. The highest BCUT2D eigenvalue weighted by Crippen LogP contribution is 2.27. The molecule has 1 rings (SSSR count). The van der Waals surface area contributed by atoms with Gasteiger partial charge in [0.2, 0.25) is 10.0 Å². The molecule has 0 fully saturated rings. The van der Waals surface area contributed by atoms with Crippen molar-refractivity contribution in [1.82, 2.24) is 4.72 Å². The van der Waals surface area contributed by atoms with E-state index < -0.39 is 16.0 Å². The number of aryl methyl sites for hydroxylation is 1. The predicted molar refractivity (Wildman–Crippen MR) is 70.7 cm³/mol. The molecule has 0 bridgehead atoms. The molecule has 2 N–H and O–H groups in total. The largest absolute Gasteiger partial charge is 0.477 e. The van der Waals surface area contributed by atoms with E-state index in [1.807, 2.05) is 6.92 Å². The average Bonchev–Trinajstić information content (AvgIpc) is 2.60. The quantitative estimate of drug-likeness (QED) is 0.841. The van der Waals surface area contributed by atoms with Crippen LogP contribution in [-0.4, -0.2) is 25.5 Å². The molecular formula is C11H17NO4S2. The Labute approximate surface area is 111 Å². The minimum absolute atomic E-state index is 0.108. The lowest BCUT2D eigenvalue weighted by atomic mass is 10.2. The lowest BCUT2D eigenvalue weighted by Gasteiger charge is -2.13. The molecule has 1 aromatic heterocycles. The van der Waals surface area contributed by atoms with Crippen LogP contribution < -0.4 is 4.72 Å². The van der Waals surface area contributed by atoms with Crippen molar-refractivity contribution in [3.05, 3.63) is 15.8 Å². The first-order valence-electron chi connectivity index (χ1n) is 5.63. The monoisotopic (exact) mass is 291 g/mol. The maximum Gasteiger partial charge on any atom is 0.347 e. The van der Waals surface area contributed by atoms with Crippen molar-refractivity contribution in [1.29, 1.82) is 0 Å². The van der Waals surface area contributed by atoms with E-state index in [-0.39, 0.29) is 15.8 Å². The van der Waals surface area contributed by atoms with Gasteiger partial charge in [0.1, 0.15) is 9.77 Å². The molecule has 1 atom stereocenters. The van der Waals surface area contributed by atoms with Crippen LogP contribution in [0, 0.1) is 6.92 Å². The molecule has 0 aliphatic carbocycles. The molecule has 0 aliphatic rings. The predicted octanol–water partition coefficient (Wildman–Crippen LogP) is 2.22. The summed E-state index contributed by atoms with van der Waals surface area (Å²) >= 11 is 0.933. The van der Waals surface area contributed by atoms with Crippen molar-refractivity contribution < 1.29 is 18.3 Å². The zero-order valence-corrected chi connectivity index (χ0v) is 12.2. The van der Waals surface area contributed by atoms with Gasteiger partial charge in [0.05, 0.1) is 0 Å². The molecule has 5 nitrogen and oxygen atoms in total. The Balaban J connectivity index is 3.12. The fraction of sp³-hybridized carbons (Fsp3) is 0.545. The smallest absolute Gasteiger partial charge is 0.347 e. The maximum absolute atomic E-state index is 12.2. The number of hydrogen-bond donors (Lipinski definition) is 2. The number of aromatic carboxylic acids is 1. The van der Waals surface area contributed by atoms with Gasteiger partial charge >= 0.3 is 5.97 Å². The zero-order valence-electron chi connectivity index (χ0n) is 10.6. The van der Waals surface area contributed by atoms with Crippen LogP contribution in [0.15, 0.2) is 10.3 Å². The first-order chi connectivity index (χ1) is 8.29.